The molecule has 0 aliphatic carbocycles. The molecule has 0 aromatic heterocycles. The third-order valence-electron chi connectivity index (χ3n) is 3.96. The third kappa shape index (κ3) is 4.27. The number of hydrogen-bond donors (Lipinski definition) is 0. The van der Waals surface area contributed by atoms with Gasteiger partial charge in [-0.25, -0.2) is 4.79 Å². The molecule has 3 nitrogen and oxygen atoms in total. The van der Waals surface area contributed by atoms with Crippen LogP contribution in [0, 0.1) is 0 Å². The number of ether oxygens (including phenoxy) is 2. The predicted octanol–water partition coefficient (Wildman–Crippen LogP) is 6.76. The van der Waals surface area contributed by atoms with Crippen molar-refractivity contribution in [2.75, 3.05) is 6.61 Å². The Bertz CT molecular complexity index is 938. The summed E-state index contributed by atoms with van der Waals surface area (Å²) >= 11 is 6.99. The van der Waals surface area contributed by atoms with Crippen molar-refractivity contribution in [1.29, 1.82) is 0 Å². The number of benzene rings is 3. The van der Waals surface area contributed by atoms with Gasteiger partial charge in [0.1, 0.15) is 11.5 Å². The molecule has 3 aromatic rings. The van der Waals surface area contributed by atoms with Crippen LogP contribution in [0.25, 0.3) is 10.8 Å². The van der Waals surface area contributed by atoms with E-state index in [0.717, 1.165) is 38.3 Å². The Morgan fingerprint density at radius 1 is 0.923 bits per heavy atom. The van der Waals surface area contributed by atoms with Gasteiger partial charge in [0.2, 0.25) is 0 Å². The lowest BCUT2D eigenvalue weighted by atomic mass is 10.1. The van der Waals surface area contributed by atoms with Crippen LogP contribution in [0.2, 0.25) is 0 Å². The summed E-state index contributed by atoms with van der Waals surface area (Å²) in [6, 6.07) is 16.7. The van der Waals surface area contributed by atoms with Gasteiger partial charge in [-0.15, -0.1) is 0 Å². The van der Waals surface area contributed by atoms with Gasteiger partial charge in [0.25, 0.3) is 0 Å². The number of carbonyl (C=O) groups is 1. The second kappa shape index (κ2) is 8.69. The topological polar surface area (TPSA) is 35.5 Å². The first-order valence-electron chi connectivity index (χ1n) is 8.42. The van der Waals surface area contributed by atoms with Crippen molar-refractivity contribution < 1.29 is 14.3 Å². The standard InChI is InChI=1S/C21H18Br2O3/c1-2-3-12-25-20-10-8-14(13-18(20)23)21(24)26-19-11-9-17(22)15-6-4-5-7-16(15)19/h4-11,13H,2-3,12H2,1H3. The summed E-state index contributed by atoms with van der Waals surface area (Å²) in [4.78, 5) is 12.6. The molecular formula is C21H18Br2O3. The van der Waals surface area contributed by atoms with Crippen LogP contribution < -0.4 is 9.47 Å². The summed E-state index contributed by atoms with van der Waals surface area (Å²) in [6.07, 6.45) is 2.07. The largest absolute Gasteiger partial charge is 0.492 e. The van der Waals surface area contributed by atoms with Gasteiger partial charge in [0.15, 0.2) is 0 Å². The van der Waals surface area contributed by atoms with Crippen LogP contribution in [-0.4, -0.2) is 12.6 Å². The molecule has 0 radical (unpaired) electrons. The maximum atomic E-state index is 12.6. The monoisotopic (exact) mass is 476 g/mol. The Morgan fingerprint density at radius 3 is 2.38 bits per heavy atom. The molecule has 0 aliphatic heterocycles. The maximum Gasteiger partial charge on any atom is 0.343 e. The highest BCUT2D eigenvalue weighted by Gasteiger charge is 2.14. The summed E-state index contributed by atoms with van der Waals surface area (Å²) in [5.74, 6) is 0.857. The first-order valence-corrected chi connectivity index (χ1v) is 10.0. The van der Waals surface area contributed by atoms with Crippen LogP contribution in [0.3, 0.4) is 0 Å². The molecule has 5 heteroatoms. The van der Waals surface area contributed by atoms with Crippen molar-refractivity contribution in [2.45, 2.75) is 19.8 Å². The first kappa shape index (κ1) is 18.9. The zero-order valence-corrected chi connectivity index (χ0v) is 17.5. The fourth-order valence-corrected chi connectivity index (χ4v) is 3.52. The van der Waals surface area contributed by atoms with E-state index in [9.17, 15) is 4.79 Å². The number of rotatable bonds is 6. The number of unbranched alkanes of at least 4 members (excludes halogenated alkanes) is 1. The molecule has 0 saturated carbocycles. The van der Waals surface area contributed by atoms with Gasteiger partial charge in [0.05, 0.1) is 16.6 Å². The molecule has 0 bridgehead atoms. The zero-order valence-electron chi connectivity index (χ0n) is 14.3. The van der Waals surface area contributed by atoms with Crippen LogP contribution in [0.5, 0.6) is 11.5 Å². The van der Waals surface area contributed by atoms with E-state index in [-0.39, 0.29) is 0 Å². The molecule has 0 atom stereocenters. The van der Waals surface area contributed by atoms with Crippen molar-refractivity contribution in [2.24, 2.45) is 0 Å². The van der Waals surface area contributed by atoms with Crippen LogP contribution in [0.15, 0.2) is 63.5 Å². The Morgan fingerprint density at radius 2 is 1.65 bits per heavy atom. The van der Waals surface area contributed by atoms with Gasteiger partial charge in [0, 0.05) is 9.86 Å². The van der Waals surface area contributed by atoms with E-state index < -0.39 is 5.97 Å². The summed E-state index contributed by atoms with van der Waals surface area (Å²) in [5, 5.41) is 1.88. The molecule has 0 N–H and O–H groups in total. The molecule has 0 saturated heterocycles. The fraction of sp³-hybridized carbons (Fsp3) is 0.190. The molecular weight excluding hydrogens is 460 g/mol. The van der Waals surface area contributed by atoms with E-state index >= 15 is 0 Å². The minimum atomic E-state index is -0.404. The first-order chi connectivity index (χ1) is 12.6. The number of carbonyl (C=O) groups excluding carboxylic acids is 1. The molecule has 0 fully saturated rings. The van der Waals surface area contributed by atoms with Crippen molar-refractivity contribution >= 4 is 48.6 Å². The lowest BCUT2D eigenvalue weighted by Crippen LogP contribution is -2.09. The summed E-state index contributed by atoms with van der Waals surface area (Å²) in [7, 11) is 0. The van der Waals surface area contributed by atoms with Gasteiger partial charge in [-0.1, -0.05) is 53.5 Å². The van der Waals surface area contributed by atoms with E-state index in [0.29, 0.717) is 17.9 Å². The minimum Gasteiger partial charge on any atom is -0.492 e. The molecule has 0 aliphatic rings. The van der Waals surface area contributed by atoms with E-state index in [4.69, 9.17) is 9.47 Å². The number of esters is 1. The lowest BCUT2D eigenvalue weighted by molar-refractivity contribution is 0.0737. The van der Waals surface area contributed by atoms with Crippen LogP contribution >= 0.6 is 31.9 Å². The van der Waals surface area contributed by atoms with E-state index in [1.165, 1.54) is 0 Å². The molecule has 3 rings (SSSR count). The highest BCUT2D eigenvalue weighted by Crippen LogP contribution is 2.32. The van der Waals surface area contributed by atoms with Gasteiger partial charge in [-0.05, 0) is 58.1 Å². The van der Waals surface area contributed by atoms with Gasteiger partial charge in [-0.2, -0.15) is 0 Å². The minimum absolute atomic E-state index is 0.404. The van der Waals surface area contributed by atoms with Crippen molar-refractivity contribution in [1.82, 2.24) is 0 Å². The molecule has 0 spiro atoms. The number of halogens is 2. The highest BCUT2D eigenvalue weighted by molar-refractivity contribution is 9.11. The van der Waals surface area contributed by atoms with E-state index in [1.807, 2.05) is 30.3 Å². The van der Waals surface area contributed by atoms with Crippen LogP contribution in [0.4, 0.5) is 0 Å². The predicted molar refractivity (Wildman–Crippen MR) is 111 cm³/mol. The fourth-order valence-electron chi connectivity index (χ4n) is 2.55. The van der Waals surface area contributed by atoms with E-state index in [1.54, 1.807) is 24.3 Å². The molecule has 0 unspecified atom stereocenters. The zero-order chi connectivity index (χ0) is 18.5. The Labute approximate surface area is 169 Å². The average molecular weight is 478 g/mol. The van der Waals surface area contributed by atoms with E-state index in [2.05, 4.69) is 38.8 Å². The van der Waals surface area contributed by atoms with Crippen molar-refractivity contribution in [3.8, 4) is 11.5 Å². The quantitative estimate of drug-likeness (QED) is 0.223. The molecule has 0 amide bonds. The molecule has 134 valence electrons. The van der Waals surface area contributed by atoms with Gasteiger partial charge < -0.3 is 9.47 Å². The normalized spacial score (nSPS) is 10.7. The van der Waals surface area contributed by atoms with Gasteiger partial charge in [-0.3, -0.25) is 0 Å². The summed E-state index contributed by atoms with van der Waals surface area (Å²) < 4.78 is 13.0. The third-order valence-corrected chi connectivity index (χ3v) is 5.27. The lowest BCUT2D eigenvalue weighted by Gasteiger charge is -2.11. The number of fused-ring (bicyclic) bond motifs is 1. The second-order valence-corrected chi connectivity index (χ2v) is 7.54. The number of hydrogen-bond acceptors (Lipinski definition) is 3. The smallest absolute Gasteiger partial charge is 0.343 e. The highest BCUT2D eigenvalue weighted by atomic mass is 79.9. The van der Waals surface area contributed by atoms with Crippen LogP contribution in [0.1, 0.15) is 30.1 Å². The summed E-state index contributed by atoms with van der Waals surface area (Å²) in [6.45, 7) is 2.77. The molecule has 3 aromatic carbocycles. The summed E-state index contributed by atoms with van der Waals surface area (Å²) in [5.41, 5.74) is 0.465. The second-order valence-electron chi connectivity index (χ2n) is 5.83. The van der Waals surface area contributed by atoms with Gasteiger partial charge >= 0.3 is 5.97 Å². The Hall–Kier alpha value is -1.85. The maximum absolute atomic E-state index is 12.6. The average Bonchev–Trinajstić information content (AvgIpc) is 2.65. The van der Waals surface area contributed by atoms with Crippen LogP contribution in [-0.2, 0) is 0 Å². The Kier molecular flexibility index (Phi) is 6.33. The van der Waals surface area contributed by atoms with Crippen molar-refractivity contribution in [3.05, 3.63) is 69.1 Å². The van der Waals surface area contributed by atoms with Crippen molar-refractivity contribution in [3.63, 3.8) is 0 Å². The Balaban J connectivity index is 1.80. The molecule has 26 heavy (non-hydrogen) atoms. The molecule has 0 heterocycles. The SMILES string of the molecule is CCCCOc1ccc(C(=O)Oc2ccc(Br)c3ccccc23)cc1Br.